The van der Waals surface area contributed by atoms with Crippen molar-refractivity contribution < 1.29 is 17.9 Å². The Balaban J connectivity index is 3.02. The van der Waals surface area contributed by atoms with Gasteiger partial charge in [-0.3, -0.25) is 5.41 Å². The second-order valence-electron chi connectivity index (χ2n) is 3.59. The Kier molecular flexibility index (Phi) is 4.55. The SMILES string of the molecule is COCCNc1ccc(C(=N)N)c(C(F)(F)F)c1. The van der Waals surface area contributed by atoms with Crippen LogP contribution in [-0.2, 0) is 10.9 Å². The zero-order valence-electron chi connectivity index (χ0n) is 9.77. The van der Waals surface area contributed by atoms with Crippen LogP contribution in [0.3, 0.4) is 0 Å². The molecule has 18 heavy (non-hydrogen) atoms. The topological polar surface area (TPSA) is 71.1 Å². The number of benzene rings is 1. The Morgan fingerprint density at radius 1 is 1.44 bits per heavy atom. The molecule has 0 aliphatic heterocycles. The van der Waals surface area contributed by atoms with Crippen molar-refractivity contribution in [3.05, 3.63) is 29.3 Å². The molecule has 0 unspecified atom stereocenters. The molecule has 0 bridgehead atoms. The summed E-state index contributed by atoms with van der Waals surface area (Å²) in [6, 6.07) is 3.56. The third-order valence-electron chi connectivity index (χ3n) is 2.25. The lowest BCUT2D eigenvalue weighted by molar-refractivity contribution is -0.137. The van der Waals surface area contributed by atoms with Gasteiger partial charge in [-0.05, 0) is 18.2 Å². The van der Waals surface area contributed by atoms with E-state index >= 15 is 0 Å². The van der Waals surface area contributed by atoms with Gasteiger partial charge < -0.3 is 15.8 Å². The highest BCUT2D eigenvalue weighted by Crippen LogP contribution is 2.33. The molecule has 0 aliphatic carbocycles. The number of anilines is 1. The van der Waals surface area contributed by atoms with Crippen molar-refractivity contribution >= 4 is 11.5 Å². The number of nitrogen functional groups attached to an aromatic ring is 1. The van der Waals surface area contributed by atoms with Crippen LogP contribution in [0, 0.1) is 5.41 Å². The molecular weight excluding hydrogens is 247 g/mol. The summed E-state index contributed by atoms with van der Waals surface area (Å²) < 4.78 is 43.1. The molecule has 0 saturated heterocycles. The van der Waals surface area contributed by atoms with Gasteiger partial charge in [0.15, 0.2) is 0 Å². The van der Waals surface area contributed by atoms with Crippen LogP contribution in [-0.4, -0.2) is 26.1 Å². The van der Waals surface area contributed by atoms with Gasteiger partial charge >= 0.3 is 6.18 Å². The maximum absolute atomic E-state index is 12.8. The fourth-order valence-corrected chi connectivity index (χ4v) is 1.42. The van der Waals surface area contributed by atoms with E-state index < -0.39 is 17.6 Å². The lowest BCUT2D eigenvalue weighted by atomic mass is 10.1. The second kappa shape index (κ2) is 5.72. The molecule has 0 amide bonds. The first-order valence-corrected chi connectivity index (χ1v) is 5.14. The minimum absolute atomic E-state index is 0.310. The molecule has 4 N–H and O–H groups in total. The van der Waals surface area contributed by atoms with Gasteiger partial charge in [-0.25, -0.2) is 0 Å². The van der Waals surface area contributed by atoms with Crippen molar-refractivity contribution in [2.45, 2.75) is 6.18 Å². The molecule has 1 aromatic carbocycles. The minimum atomic E-state index is -4.54. The van der Waals surface area contributed by atoms with Crippen molar-refractivity contribution in [1.29, 1.82) is 5.41 Å². The molecule has 1 rings (SSSR count). The molecule has 0 aliphatic rings. The zero-order chi connectivity index (χ0) is 13.8. The molecule has 100 valence electrons. The van der Waals surface area contributed by atoms with E-state index in [9.17, 15) is 13.2 Å². The fraction of sp³-hybridized carbons (Fsp3) is 0.364. The smallest absolute Gasteiger partial charge is 0.384 e. The standard InChI is InChI=1S/C11H14F3N3O/c1-18-5-4-17-7-2-3-8(10(15)16)9(6-7)11(12,13)14/h2-3,6,17H,4-5H2,1H3,(H3,15,16). The molecule has 0 atom stereocenters. The first-order valence-electron chi connectivity index (χ1n) is 5.14. The van der Waals surface area contributed by atoms with Crippen LogP contribution in [0.2, 0.25) is 0 Å². The largest absolute Gasteiger partial charge is 0.417 e. The molecule has 4 nitrogen and oxygen atoms in total. The summed E-state index contributed by atoms with van der Waals surface area (Å²) in [5.41, 5.74) is 4.20. The molecule has 0 heterocycles. The number of rotatable bonds is 5. The molecule has 1 aromatic rings. The number of ether oxygens (including phenoxy) is 1. The highest BCUT2D eigenvalue weighted by atomic mass is 19.4. The number of nitrogens with two attached hydrogens (primary N) is 1. The number of nitrogens with one attached hydrogen (secondary N) is 2. The van der Waals surface area contributed by atoms with Crippen LogP contribution in [0.15, 0.2) is 18.2 Å². The van der Waals surface area contributed by atoms with E-state index in [-0.39, 0.29) is 5.56 Å². The summed E-state index contributed by atoms with van der Waals surface area (Å²) in [6.45, 7) is 0.781. The average molecular weight is 261 g/mol. The summed E-state index contributed by atoms with van der Waals surface area (Å²) in [4.78, 5) is 0. The lowest BCUT2D eigenvalue weighted by Gasteiger charge is -2.14. The molecule has 0 aromatic heterocycles. The van der Waals surface area contributed by atoms with Gasteiger partial charge in [-0.2, -0.15) is 13.2 Å². The summed E-state index contributed by atoms with van der Waals surface area (Å²) in [5, 5.41) is 9.92. The Labute approximate surface area is 102 Å². The maximum Gasteiger partial charge on any atom is 0.417 e. The monoisotopic (exact) mass is 261 g/mol. The first-order chi connectivity index (χ1) is 8.36. The maximum atomic E-state index is 12.8. The summed E-state index contributed by atoms with van der Waals surface area (Å²) in [7, 11) is 1.50. The third-order valence-corrected chi connectivity index (χ3v) is 2.25. The lowest BCUT2D eigenvalue weighted by Crippen LogP contribution is -2.19. The minimum Gasteiger partial charge on any atom is -0.384 e. The van der Waals surface area contributed by atoms with Crippen molar-refractivity contribution in [3.63, 3.8) is 0 Å². The highest BCUT2D eigenvalue weighted by molar-refractivity contribution is 5.97. The summed E-state index contributed by atoms with van der Waals surface area (Å²) in [5.74, 6) is -0.606. The normalized spacial score (nSPS) is 11.3. The Morgan fingerprint density at radius 2 is 2.11 bits per heavy atom. The van der Waals surface area contributed by atoms with Crippen LogP contribution >= 0.6 is 0 Å². The number of amidine groups is 1. The van der Waals surface area contributed by atoms with Crippen LogP contribution in [0.4, 0.5) is 18.9 Å². The zero-order valence-corrected chi connectivity index (χ0v) is 9.77. The van der Waals surface area contributed by atoms with Crippen LogP contribution < -0.4 is 11.1 Å². The number of hydrogen-bond donors (Lipinski definition) is 3. The quantitative estimate of drug-likeness (QED) is 0.431. The van der Waals surface area contributed by atoms with Crippen LogP contribution in [0.25, 0.3) is 0 Å². The Hall–Kier alpha value is -1.76. The molecule has 7 heteroatoms. The predicted octanol–water partition coefficient (Wildman–Crippen LogP) is 2.05. The van der Waals surface area contributed by atoms with Gasteiger partial charge in [0.2, 0.25) is 0 Å². The Bertz CT molecular complexity index is 432. The molecule has 0 saturated carbocycles. The van der Waals surface area contributed by atoms with Gasteiger partial charge in [0.25, 0.3) is 0 Å². The molecule has 0 fully saturated rings. The fourth-order valence-electron chi connectivity index (χ4n) is 1.42. The van der Waals surface area contributed by atoms with E-state index in [1.165, 1.54) is 19.2 Å². The van der Waals surface area contributed by atoms with Crippen molar-refractivity contribution in [2.24, 2.45) is 5.73 Å². The molecule has 0 spiro atoms. The second-order valence-corrected chi connectivity index (χ2v) is 3.59. The molecular formula is C11H14F3N3O. The van der Waals surface area contributed by atoms with Crippen molar-refractivity contribution in [3.8, 4) is 0 Å². The van der Waals surface area contributed by atoms with E-state index in [2.05, 4.69) is 5.32 Å². The highest BCUT2D eigenvalue weighted by Gasteiger charge is 2.34. The van der Waals surface area contributed by atoms with E-state index in [1.54, 1.807) is 0 Å². The number of hydrogen-bond acceptors (Lipinski definition) is 3. The van der Waals surface area contributed by atoms with Crippen LogP contribution in [0.1, 0.15) is 11.1 Å². The van der Waals surface area contributed by atoms with E-state index in [0.717, 1.165) is 6.07 Å². The van der Waals surface area contributed by atoms with E-state index in [4.69, 9.17) is 15.9 Å². The number of halogens is 3. The third kappa shape index (κ3) is 3.63. The predicted molar refractivity (Wildman–Crippen MR) is 62.8 cm³/mol. The van der Waals surface area contributed by atoms with Gasteiger partial charge in [-0.15, -0.1) is 0 Å². The first kappa shape index (κ1) is 14.3. The van der Waals surface area contributed by atoms with Gasteiger partial charge in [-0.1, -0.05) is 0 Å². The van der Waals surface area contributed by atoms with Crippen molar-refractivity contribution in [1.82, 2.24) is 0 Å². The number of methoxy groups -OCH3 is 1. The van der Waals surface area contributed by atoms with E-state index in [1.807, 2.05) is 0 Å². The van der Waals surface area contributed by atoms with Gasteiger partial charge in [0.05, 0.1) is 12.2 Å². The summed E-state index contributed by atoms with van der Waals surface area (Å²) in [6.07, 6.45) is -4.54. The van der Waals surface area contributed by atoms with Gasteiger partial charge in [0, 0.05) is 24.9 Å². The van der Waals surface area contributed by atoms with Gasteiger partial charge in [0.1, 0.15) is 5.84 Å². The Morgan fingerprint density at radius 3 is 2.61 bits per heavy atom. The van der Waals surface area contributed by atoms with Crippen molar-refractivity contribution in [2.75, 3.05) is 25.6 Å². The molecule has 0 radical (unpaired) electrons. The van der Waals surface area contributed by atoms with Crippen LogP contribution in [0.5, 0.6) is 0 Å². The number of alkyl halides is 3. The van der Waals surface area contributed by atoms with E-state index in [0.29, 0.717) is 18.8 Å². The average Bonchev–Trinajstić information content (AvgIpc) is 2.28. The summed E-state index contributed by atoms with van der Waals surface area (Å²) >= 11 is 0.